The standard InChI is InChI=1S/C23H29N3O2/c27-22(20-10-4-1-5-11-20)24-14-8-3-9-15-25-16-18-26(19-17-25)23(28)21-12-6-2-7-13-21/h1-2,4-7,10-13H,3,8-9,14-19H2,(H,24,27). The SMILES string of the molecule is O=C(NCCCCCN1CCN(C(=O)c2ccccc2)CC1)c1ccccc1. The summed E-state index contributed by atoms with van der Waals surface area (Å²) in [6, 6.07) is 18.8. The van der Waals surface area contributed by atoms with Gasteiger partial charge in [-0.3, -0.25) is 14.5 Å². The minimum Gasteiger partial charge on any atom is -0.352 e. The Morgan fingerprint density at radius 2 is 1.36 bits per heavy atom. The van der Waals surface area contributed by atoms with Gasteiger partial charge in [-0.2, -0.15) is 0 Å². The van der Waals surface area contributed by atoms with Crippen LogP contribution in [0.5, 0.6) is 0 Å². The van der Waals surface area contributed by atoms with E-state index in [9.17, 15) is 9.59 Å². The quantitative estimate of drug-likeness (QED) is 0.718. The molecule has 0 bridgehead atoms. The number of amides is 2. The zero-order chi connectivity index (χ0) is 19.6. The maximum atomic E-state index is 12.5. The van der Waals surface area contributed by atoms with Gasteiger partial charge in [-0.25, -0.2) is 0 Å². The fourth-order valence-electron chi connectivity index (χ4n) is 3.47. The van der Waals surface area contributed by atoms with Crippen LogP contribution in [0, 0.1) is 0 Å². The summed E-state index contributed by atoms with van der Waals surface area (Å²) >= 11 is 0. The summed E-state index contributed by atoms with van der Waals surface area (Å²) in [5, 5.41) is 2.97. The van der Waals surface area contributed by atoms with E-state index in [1.807, 2.05) is 65.6 Å². The molecule has 28 heavy (non-hydrogen) atoms. The number of nitrogens with zero attached hydrogens (tertiary/aromatic N) is 2. The average molecular weight is 380 g/mol. The third kappa shape index (κ3) is 5.92. The summed E-state index contributed by atoms with van der Waals surface area (Å²) in [5.74, 6) is 0.134. The van der Waals surface area contributed by atoms with E-state index in [-0.39, 0.29) is 11.8 Å². The topological polar surface area (TPSA) is 52.7 Å². The molecule has 0 aliphatic carbocycles. The van der Waals surface area contributed by atoms with E-state index >= 15 is 0 Å². The maximum absolute atomic E-state index is 12.5. The number of hydrogen-bond donors (Lipinski definition) is 1. The first-order chi connectivity index (χ1) is 13.7. The van der Waals surface area contributed by atoms with Crippen molar-refractivity contribution in [3.8, 4) is 0 Å². The van der Waals surface area contributed by atoms with E-state index in [1.54, 1.807) is 0 Å². The van der Waals surface area contributed by atoms with Gasteiger partial charge in [0, 0.05) is 43.9 Å². The lowest BCUT2D eigenvalue weighted by atomic mass is 10.1. The van der Waals surface area contributed by atoms with E-state index in [0.29, 0.717) is 12.1 Å². The van der Waals surface area contributed by atoms with Crippen LogP contribution in [0.25, 0.3) is 0 Å². The van der Waals surface area contributed by atoms with Crippen LogP contribution >= 0.6 is 0 Å². The van der Waals surface area contributed by atoms with E-state index in [4.69, 9.17) is 0 Å². The number of piperazine rings is 1. The molecule has 3 rings (SSSR count). The van der Waals surface area contributed by atoms with Crippen molar-refractivity contribution in [2.75, 3.05) is 39.3 Å². The lowest BCUT2D eigenvalue weighted by molar-refractivity contribution is 0.0635. The smallest absolute Gasteiger partial charge is 0.253 e. The molecule has 1 heterocycles. The summed E-state index contributed by atoms with van der Waals surface area (Å²) < 4.78 is 0. The van der Waals surface area contributed by atoms with Gasteiger partial charge < -0.3 is 10.2 Å². The molecule has 1 aliphatic rings. The number of unbranched alkanes of at least 4 members (excludes halogenated alkanes) is 2. The second-order valence-electron chi connectivity index (χ2n) is 7.18. The highest BCUT2D eigenvalue weighted by molar-refractivity contribution is 5.94. The zero-order valence-electron chi connectivity index (χ0n) is 16.3. The van der Waals surface area contributed by atoms with Gasteiger partial charge in [0.05, 0.1) is 0 Å². The molecule has 1 fully saturated rings. The minimum absolute atomic E-state index is 0.000180. The molecular weight excluding hydrogens is 350 g/mol. The van der Waals surface area contributed by atoms with Gasteiger partial charge >= 0.3 is 0 Å². The molecule has 2 amide bonds. The van der Waals surface area contributed by atoms with Crippen LogP contribution in [0.4, 0.5) is 0 Å². The number of rotatable bonds is 8. The number of benzene rings is 2. The zero-order valence-corrected chi connectivity index (χ0v) is 16.3. The largest absolute Gasteiger partial charge is 0.352 e. The van der Waals surface area contributed by atoms with Crippen LogP contribution in [0.15, 0.2) is 60.7 Å². The van der Waals surface area contributed by atoms with Crippen molar-refractivity contribution in [3.63, 3.8) is 0 Å². The molecule has 1 aliphatic heterocycles. The first-order valence-corrected chi connectivity index (χ1v) is 10.1. The van der Waals surface area contributed by atoms with E-state index in [1.165, 1.54) is 0 Å². The van der Waals surface area contributed by atoms with Crippen LogP contribution in [-0.2, 0) is 0 Å². The summed E-state index contributed by atoms with van der Waals surface area (Å²) in [4.78, 5) is 28.8. The fourth-order valence-corrected chi connectivity index (χ4v) is 3.47. The predicted molar refractivity (Wildman–Crippen MR) is 111 cm³/mol. The molecule has 148 valence electrons. The molecule has 5 nitrogen and oxygen atoms in total. The highest BCUT2D eigenvalue weighted by atomic mass is 16.2. The molecular formula is C23H29N3O2. The second-order valence-corrected chi connectivity index (χ2v) is 7.18. The minimum atomic E-state index is -0.000180. The molecule has 2 aromatic carbocycles. The normalized spacial score (nSPS) is 14.6. The van der Waals surface area contributed by atoms with Gasteiger partial charge in [-0.15, -0.1) is 0 Å². The molecule has 0 spiro atoms. The number of nitrogens with one attached hydrogen (secondary N) is 1. The Morgan fingerprint density at radius 3 is 2.00 bits per heavy atom. The van der Waals surface area contributed by atoms with Crippen LogP contribution in [-0.4, -0.2) is 60.9 Å². The third-order valence-corrected chi connectivity index (χ3v) is 5.15. The molecule has 0 unspecified atom stereocenters. The number of carbonyl (C=O) groups is 2. The lowest BCUT2D eigenvalue weighted by Gasteiger charge is -2.34. The Bertz CT molecular complexity index is 741. The molecule has 1 saturated heterocycles. The number of carbonyl (C=O) groups excluding carboxylic acids is 2. The van der Waals surface area contributed by atoms with Crippen molar-refractivity contribution >= 4 is 11.8 Å². The summed E-state index contributed by atoms with van der Waals surface area (Å²) in [7, 11) is 0. The van der Waals surface area contributed by atoms with Crippen molar-refractivity contribution in [1.82, 2.24) is 15.1 Å². The summed E-state index contributed by atoms with van der Waals surface area (Å²) in [6.45, 7) is 5.22. The van der Waals surface area contributed by atoms with Crippen LogP contribution in [0.1, 0.15) is 40.0 Å². The van der Waals surface area contributed by atoms with E-state index in [2.05, 4.69) is 10.2 Å². The fraction of sp³-hybridized carbons (Fsp3) is 0.391. The van der Waals surface area contributed by atoms with Crippen molar-refractivity contribution in [1.29, 1.82) is 0 Å². The Hall–Kier alpha value is -2.66. The van der Waals surface area contributed by atoms with E-state index in [0.717, 1.165) is 57.5 Å². The summed E-state index contributed by atoms with van der Waals surface area (Å²) in [6.07, 6.45) is 3.21. The maximum Gasteiger partial charge on any atom is 0.253 e. The Labute approximate surface area is 167 Å². The first kappa shape index (κ1) is 20.1. The molecule has 0 saturated carbocycles. The van der Waals surface area contributed by atoms with Crippen molar-refractivity contribution < 1.29 is 9.59 Å². The third-order valence-electron chi connectivity index (χ3n) is 5.15. The van der Waals surface area contributed by atoms with Gasteiger partial charge in [0.15, 0.2) is 0 Å². The monoisotopic (exact) mass is 379 g/mol. The Kier molecular flexibility index (Phi) is 7.62. The van der Waals surface area contributed by atoms with Gasteiger partial charge in [0.25, 0.3) is 11.8 Å². The van der Waals surface area contributed by atoms with Gasteiger partial charge in [-0.05, 0) is 43.7 Å². The van der Waals surface area contributed by atoms with Gasteiger partial charge in [0.2, 0.25) is 0 Å². The lowest BCUT2D eigenvalue weighted by Crippen LogP contribution is -2.48. The molecule has 0 aromatic heterocycles. The van der Waals surface area contributed by atoms with Crippen molar-refractivity contribution in [2.24, 2.45) is 0 Å². The second kappa shape index (κ2) is 10.6. The first-order valence-electron chi connectivity index (χ1n) is 10.1. The van der Waals surface area contributed by atoms with E-state index < -0.39 is 0 Å². The molecule has 1 N–H and O–H groups in total. The molecule has 0 radical (unpaired) electrons. The molecule has 2 aromatic rings. The van der Waals surface area contributed by atoms with Crippen LogP contribution in [0.2, 0.25) is 0 Å². The predicted octanol–water partition coefficient (Wildman–Crippen LogP) is 3.04. The average Bonchev–Trinajstić information content (AvgIpc) is 2.77. The Balaban J connectivity index is 1.26. The number of hydrogen-bond acceptors (Lipinski definition) is 3. The summed E-state index contributed by atoms with van der Waals surface area (Å²) in [5.41, 5.74) is 1.49. The highest BCUT2D eigenvalue weighted by Gasteiger charge is 2.21. The van der Waals surface area contributed by atoms with Gasteiger partial charge in [-0.1, -0.05) is 42.8 Å². The molecule has 5 heteroatoms. The van der Waals surface area contributed by atoms with Gasteiger partial charge in [0.1, 0.15) is 0 Å². The molecule has 0 atom stereocenters. The Morgan fingerprint density at radius 1 is 0.750 bits per heavy atom. The van der Waals surface area contributed by atoms with Crippen LogP contribution in [0.3, 0.4) is 0 Å². The van der Waals surface area contributed by atoms with Crippen LogP contribution < -0.4 is 5.32 Å². The highest BCUT2D eigenvalue weighted by Crippen LogP contribution is 2.09. The van der Waals surface area contributed by atoms with Crippen molar-refractivity contribution in [3.05, 3.63) is 71.8 Å². The van der Waals surface area contributed by atoms with Crippen molar-refractivity contribution in [2.45, 2.75) is 19.3 Å².